The summed E-state index contributed by atoms with van der Waals surface area (Å²) in [7, 11) is 0. The number of hydrogen-bond acceptors (Lipinski definition) is 3. The quantitative estimate of drug-likeness (QED) is 0.768. The molecular formula is C12H15BrN2O2. The maximum absolute atomic E-state index is 10.8. The van der Waals surface area contributed by atoms with E-state index in [-0.39, 0.29) is 12.0 Å². The van der Waals surface area contributed by atoms with Crippen LogP contribution < -0.4 is 10.6 Å². The zero-order chi connectivity index (χ0) is 12.3. The Bertz CT molecular complexity index is 401. The Morgan fingerprint density at radius 2 is 2.06 bits per heavy atom. The monoisotopic (exact) mass is 298 g/mol. The Morgan fingerprint density at radius 1 is 1.41 bits per heavy atom. The predicted molar refractivity (Wildman–Crippen MR) is 68.8 cm³/mol. The van der Waals surface area contributed by atoms with Gasteiger partial charge in [0.15, 0.2) is 0 Å². The first kappa shape index (κ1) is 12.5. The number of hydrogen-bond donors (Lipinski definition) is 3. The van der Waals surface area contributed by atoms with E-state index in [2.05, 4.69) is 26.6 Å². The molecule has 0 aromatic heterocycles. The fourth-order valence-corrected chi connectivity index (χ4v) is 2.18. The van der Waals surface area contributed by atoms with E-state index in [1.807, 2.05) is 24.3 Å². The van der Waals surface area contributed by atoms with Crippen molar-refractivity contribution in [2.24, 2.45) is 0 Å². The summed E-state index contributed by atoms with van der Waals surface area (Å²) in [6.07, 6.45) is 0.163. The maximum atomic E-state index is 10.8. The number of carboxylic acid groups (broad SMARTS) is 1. The number of halogens is 1. The third-order valence-electron chi connectivity index (χ3n) is 3.00. The Balaban J connectivity index is 1.92. The van der Waals surface area contributed by atoms with Crippen LogP contribution in [0.15, 0.2) is 28.7 Å². The second kappa shape index (κ2) is 5.16. The van der Waals surface area contributed by atoms with Gasteiger partial charge in [-0.25, -0.2) is 0 Å². The smallest absolute Gasteiger partial charge is 0.305 e. The molecule has 0 spiro atoms. The van der Waals surface area contributed by atoms with Gasteiger partial charge in [-0.1, -0.05) is 28.1 Å². The van der Waals surface area contributed by atoms with E-state index in [9.17, 15) is 4.79 Å². The molecule has 2 rings (SSSR count). The molecule has 92 valence electrons. The number of carbonyl (C=O) groups is 1. The molecule has 1 aliphatic heterocycles. The minimum absolute atomic E-state index is 0.163. The normalized spacial score (nSPS) is 17.5. The van der Waals surface area contributed by atoms with Crippen molar-refractivity contribution in [3.05, 3.63) is 34.3 Å². The molecule has 0 atom stereocenters. The van der Waals surface area contributed by atoms with Gasteiger partial charge in [0, 0.05) is 24.1 Å². The third-order valence-corrected chi connectivity index (χ3v) is 3.53. The molecule has 0 bridgehead atoms. The van der Waals surface area contributed by atoms with Gasteiger partial charge in [0.25, 0.3) is 0 Å². The molecule has 5 heteroatoms. The van der Waals surface area contributed by atoms with Crippen molar-refractivity contribution in [2.45, 2.75) is 18.5 Å². The fourth-order valence-electron chi connectivity index (χ4n) is 1.92. The number of benzene rings is 1. The van der Waals surface area contributed by atoms with Gasteiger partial charge in [0.05, 0.1) is 12.0 Å². The lowest BCUT2D eigenvalue weighted by molar-refractivity contribution is -0.139. The molecule has 0 unspecified atom stereocenters. The van der Waals surface area contributed by atoms with Crippen molar-refractivity contribution >= 4 is 21.9 Å². The maximum Gasteiger partial charge on any atom is 0.305 e. The van der Waals surface area contributed by atoms with E-state index < -0.39 is 5.97 Å². The molecule has 1 aromatic rings. The molecular weight excluding hydrogens is 284 g/mol. The zero-order valence-electron chi connectivity index (χ0n) is 9.37. The zero-order valence-corrected chi connectivity index (χ0v) is 11.0. The SMILES string of the molecule is O=C(O)CC1(NCc2ccc(Br)cc2)CNC1. The molecule has 4 nitrogen and oxygen atoms in total. The van der Waals surface area contributed by atoms with Crippen LogP contribution in [0, 0.1) is 0 Å². The Kier molecular flexibility index (Phi) is 3.81. The highest BCUT2D eigenvalue weighted by atomic mass is 79.9. The lowest BCUT2D eigenvalue weighted by atomic mass is 9.88. The van der Waals surface area contributed by atoms with E-state index in [0.717, 1.165) is 23.1 Å². The van der Waals surface area contributed by atoms with Crippen LogP contribution >= 0.6 is 15.9 Å². The first-order chi connectivity index (χ1) is 8.10. The van der Waals surface area contributed by atoms with Gasteiger partial charge in [-0.05, 0) is 17.7 Å². The largest absolute Gasteiger partial charge is 0.481 e. The summed E-state index contributed by atoms with van der Waals surface area (Å²) >= 11 is 3.39. The average molecular weight is 299 g/mol. The summed E-state index contributed by atoms with van der Waals surface area (Å²) in [6, 6.07) is 8.02. The molecule has 0 saturated carbocycles. The number of carboxylic acids is 1. The molecule has 0 aliphatic carbocycles. The minimum atomic E-state index is -0.755. The minimum Gasteiger partial charge on any atom is -0.481 e. The summed E-state index contributed by atoms with van der Waals surface area (Å²) in [6.45, 7) is 2.13. The molecule has 1 aromatic carbocycles. The van der Waals surface area contributed by atoms with Crippen LogP contribution in [-0.4, -0.2) is 29.7 Å². The van der Waals surface area contributed by atoms with Crippen LogP contribution in [0.4, 0.5) is 0 Å². The second-order valence-electron chi connectivity index (χ2n) is 4.43. The van der Waals surface area contributed by atoms with Crippen molar-refractivity contribution < 1.29 is 9.90 Å². The van der Waals surface area contributed by atoms with Crippen LogP contribution in [0.2, 0.25) is 0 Å². The summed E-state index contributed by atoms with van der Waals surface area (Å²) in [5.74, 6) is -0.755. The number of rotatable bonds is 5. The predicted octanol–water partition coefficient (Wildman–Crippen LogP) is 1.36. The third kappa shape index (κ3) is 3.28. The molecule has 3 N–H and O–H groups in total. The lowest BCUT2D eigenvalue weighted by Crippen LogP contribution is -2.68. The molecule has 0 radical (unpaired) electrons. The topological polar surface area (TPSA) is 61.4 Å². The lowest BCUT2D eigenvalue weighted by Gasteiger charge is -2.42. The molecule has 17 heavy (non-hydrogen) atoms. The number of aliphatic carboxylic acids is 1. The molecule has 1 aliphatic rings. The standard InChI is InChI=1S/C12H15BrN2O2/c13-10-3-1-9(2-4-10)6-15-12(5-11(16)17)7-14-8-12/h1-4,14-15H,5-8H2,(H,16,17). The van der Waals surface area contributed by atoms with Crippen LogP contribution in [-0.2, 0) is 11.3 Å². The van der Waals surface area contributed by atoms with Crippen LogP contribution in [0.5, 0.6) is 0 Å². The Morgan fingerprint density at radius 3 is 2.53 bits per heavy atom. The highest BCUT2D eigenvalue weighted by Gasteiger charge is 2.38. The van der Waals surface area contributed by atoms with Gasteiger partial charge in [-0.15, -0.1) is 0 Å². The number of nitrogens with one attached hydrogen (secondary N) is 2. The fraction of sp³-hybridized carbons (Fsp3) is 0.417. The van der Waals surface area contributed by atoms with Gasteiger partial charge < -0.3 is 15.7 Å². The summed E-state index contributed by atoms with van der Waals surface area (Å²) in [5, 5.41) is 15.3. The van der Waals surface area contributed by atoms with Crippen LogP contribution in [0.1, 0.15) is 12.0 Å². The first-order valence-electron chi connectivity index (χ1n) is 5.52. The average Bonchev–Trinajstić information content (AvgIpc) is 2.23. The van der Waals surface area contributed by atoms with Gasteiger partial charge in [0.1, 0.15) is 0 Å². The van der Waals surface area contributed by atoms with Crippen LogP contribution in [0.3, 0.4) is 0 Å². The highest BCUT2D eigenvalue weighted by molar-refractivity contribution is 9.10. The summed E-state index contributed by atoms with van der Waals surface area (Å²) in [4.78, 5) is 10.8. The highest BCUT2D eigenvalue weighted by Crippen LogP contribution is 2.17. The van der Waals surface area contributed by atoms with E-state index >= 15 is 0 Å². The van der Waals surface area contributed by atoms with Gasteiger partial charge >= 0.3 is 5.97 Å². The Hall–Kier alpha value is -0.910. The van der Waals surface area contributed by atoms with Crippen molar-refractivity contribution in [3.63, 3.8) is 0 Å². The van der Waals surface area contributed by atoms with E-state index in [1.54, 1.807) is 0 Å². The van der Waals surface area contributed by atoms with Gasteiger partial charge in [0.2, 0.25) is 0 Å². The molecule has 1 fully saturated rings. The molecule has 1 heterocycles. The van der Waals surface area contributed by atoms with Crippen molar-refractivity contribution in [2.75, 3.05) is 13.1 Å². The van der Waals surface area contributed by atoms with Crippen molar-refractivity contribution in [1.82, 2.24) is 10.6 Å². The molecule has 0 amide bonds. The summed E-state index contributed by atoms with van der Waals surface area (Å²) in [5.41, 5.74) is 0.878. The molecule has 1 saturated heterocycles. The second-order valence-corrected chi connectivity index (χ2v) is 5.35. The van der Waals surface area contributed by atoms with Gasteiger partial charge in [-0.3, -0.25) is 4.79 Å². The van der Waals surface area contributed by atoms with Gasteiger partial charge in [-0.2, -0.15) is 0 Å². The van der Waals surface area contributed by atoms with Crippen molar-refractivity contribution in [3.8, 4) is 0 Å². The van der Waals surface area contributed by atoms with E-state index in [1.165, 1.54) is 0 Å². The van der Waals surface area contributed by atoms with Crippen molar-refractivity contribution in [1.29, 1.82) is 0 Å². The first-order valence-corrected chi connectivity index (χ1v) is 6.31. The van der Waals surface area contributed by atoms with E-state index in [4.69, 9.17) is 5.11 Å². The van der Waals surface area contributed by atoms with Crippen LogP contribution in [0.25, 0.3) is 0 Å². The Labute approximate surface area is 109 Å². The van der Waals surface area contributed by atoms with E-state index in [0.29, 0.717) is 6.54 Å². The summed E-state index contributed by atoms with van der Waals surface area (Å²) < 4.78 is 1.05.